The Kier molecular flexibility index (Phi) is 6.49. The predicted molar refractivity (Wildman–Crippen MR) is 122 cm³/mol. The molecule has 8 heteroatoms. The minimum atomic E-state index is -0.604. The number of esters is 1. The Morgan fingerprint density at radius 2 is 1.61 bits per heavy atom. The summed E-state index contributed by atoms with van der Waals surface area (Å²) in [6, 6.07) is -0.604. The molecule has 5 aliphatic rings. The number of hydrogen-bond acceptors (Lipinski definition) is 5. The highest BCUT2D eigenvalue weighted by atomic mass is 16.5. The minimum absolute atomic E-state index is 0.103. The van der Waals surface area contributed by atoms with E-state index in [1.807, 2.05) is 20.8 Å². The van der Waals surface area contributed by atoms with Crippen LogP contribution in [0.25, 0.3) is 0 Å². The van der Waals surface area contributed by atoms with Crippen LogP contribution in [0.1, 0.15) is 72.1 Å². The molecule has 1 heterocycles. The zero-order valence-corrected chi connectivity index (χ0v) is 20.5. The van der Waals surface area contributed by atoms with E-state index in [2.05, 4.69) is 5.32 Å². The van der Waals surface area contributed by atoms with Crippen LogP contribution >= 0.6 is 0 Å². The zero-order valence-electron chi connectivity index (χ0n) is 20.5. The van der Waals surface area contributed by atoms with Gasteiger partial charge in [-0.3, -0.25) is 14.4 Å². The minimum Gasteiger partial charge on any atom is -0.454 e. The number of hydrogen-bond donors (Lipinski definition) is 1. The van der Waals surface area contributed by atoms with Gasteiger partial charge >= 0.3 is 5.97 Å². The first kappa shape index (κ1) is 24.0. The Hall–Kier alpha value is -2.12. The molecule has 1 atom stereocenters. The number of ether oxygens (including phenoxy) is 1. The highest BCUT2D eigenvalue weighted by molar-refractivity contribution is 5.90. The van der Waals surface area contributed by atoms with Gasteiger partial charge in [0.15, 0.2) is 6.61 Å². The van der Waals surface area contributed by atoms with Gasteiger partial charge in [0, 0.05) is 19.1 Å². The largest absolute Gasteiger partial charge is 0.454 e. The average molecular weight is 462 g/mol. The molecule has 0 spiro atoms. The lowest BCUT2D eigenvalue weighted by Crippen LogP contribution is -2.56. The number of likely N-dealkylation sites (N-methyl/N-ethyl adjacent to an activating group) is 1. The summed E-state index contributed by atoms with van der Waals surface area (Å²) < 4.78 is 5.33. The summed E-state index contributed by atoms with van der Waals surface area (Å²) in [4.78, 5) is 54.0. The van der Waals surface area contributed by atoms with Gasteiger partial charge in [-0.15, -0.1) is 0 Å². The van der Waals surface area contributed by atoms with Crippen molar-refractivity contribution in [2.75, 3.05) is 26.7 Å². The lowest BCUT2D eigenvalue weighted by molar-refractivity contribution is -0.166. The average Bonchev–Trinajstić information content (AvgIpc) is 3.18. The molecule has 0 aromatic rings. The highest BCUT2D eigenvalue weighted by Gasteiger charge is 2.57. The first-order chi connectivity index (χ1) is 15.5. The first-order valence-electron chi connectivity index (χ1n) is 12.5. The van der Waals surface area contributed by atoms with Crippen molar-refractivity contribution in [1.29, 1.82) is 0 Å². The molecule has 4 bridgehead atoms. The van der Waals surface area contributed by atoms with Crippen LogP contribution in [0, 0.1) is 23.2 Å². The topological polar surface area (TPSA) is 96.0 Å². The summed E-state index contributed by atoms with van der Waals surface area (Å²) in [5.74, 6) is 0.914. The molecule has 184 valence electrons. The number of carbonyl (C=O) groups excluding carboxylic acids is 4. The van der Waals surface area contributed by atoms with Gasteiger partial charge < -0.3 is 19.9 Å². The van der Waals surface area contributed by atoms with Crippen molar-refractivity contribution in [2.45, 2.75) is 83.7 Å². The third-order valence-corrected chi connectivity index (χ3v) is 7.94. The van der Waals surface area contributed by atoms with Crippen molar-refractivity contribution in [2.24, 2.45) is 23.2 Å². The van der Waals surface area contributed by atoms with Crippen LogP contribution in [0.4, 0.5) is 0 Å². The van der Waals surface area contributed by atoms with Crippen LogP contribution in [0.2, 0.25) is 0 Å². The maximum Gasteiger partial charge on any atom is 0.329 e. The summed E-state index contributed by atoms with van der Waals surface area (Å²) in [5.41, 5.74) is -0.670. The summed E-state index contributed by atoms with van der Waals surface area (Å²) in [7, 11) is 1.51. The summed E-state index contributed by atoms with van der Waals surface area (Å²) >= 11 is 0. The van der Waals surface area contributed by atoms with Crippen molar-refractivity contribution in [3.8, 4) is 0 Å². The molecular formula is C25H39N3O5. The Labute approximate surface area is 196 Å². The third-order valence-electron chi connectivity index (χ3n) is 7.94. The highest BCUT2D eigenvalue weighted by Crippen LogP contribution is 2.60. The smallest absolute Gasteiger partial charge is 0.329 e. The predicted octanol–water partition coefficient (Wildman–Crippen LogP) is 2.11. The fourth-order valence-electron chi connectivity index (χ4n) is 7.03. The van der Waals surface area contributed by atoms with Crippen LogP contribution in [0.15, 0.2) is 0 Å². The molecule has 1 aliphatic heterocycles. The molecule has 33 heavy (non-hydrogen) atoms. The number of nitrogens with one attached hydrogen (secondary N) is 1. The normalized spacial score (nSPS) is 32.5. The van der Waals surface area contributed by atoms with E-state index in [1.54, 1.807) is 4.90 Å². The van der Waals surface area contributed by atoms with Gasteiger partial charge in [0.25, 0.3) is 5.91 Å². The second-order valence-electron chi connectivity index (χ2n) is 12.0. The molecule has 1 N–H and O–H groups in total. The quantitative estimate of drug-likeness (QED) is 0.611. The van der Waals surface area contributed by atoms with Crippen molar-refractivity contribution < 1.29 is 23.9 Å². The van der Waals surface area contributed by atoms with Crippen LogP contribution < -0.4 is 5.32 Å². The van der Waals surface area contributed by atoms with E-state index in [-0.39, 0.29) is 29.3 Å². The molecule has 1 unspecified atom stereocenters. The maximum atomic E-state index is 13.7. The lowest BCUT2D eigenvalue weighted by Gasteiger charge is -2.56. The summed E-state index contributed by atoms with van der Waals surface area (Å²) in [6.45, 7) is 5.66. The summed E-state index contributed by atoms with van der Waals surface area (Å²) in [5, 5.41) is 2.80. The standard InChI is InChI=1S/C25H39N3O5/c1-24(2,3)26-20(29)14-27(4)21(30)15-33-22(31)19-6-5-7-28(19)23(32)25-11-16-8-17(12-25)10-18(9-16)13-25/h16-19H,5-15H2,1-4H3,(H,26,29). The van der Waals surface area contributed by atoms with Gasteiger partial charge in [0.1, 0.15) is 6.04 Å². The fraction of sp³-hybridized carbons (Fsp3) is 0.840. The van der Waals surface area contributed by atoms with E-state index >= 15 is 0 Å². The van der Waals surface area contributed by atoms with Crippen molar-refractivity contribution in [3.63, 3.8) is 0 Å². The maximum absolute atomic E-state index is 13.7. The number of likely N-dealkylation sites (tertiary alicyclic amines) is 1. The van der Waals surface area contributed by atoms with Crippen molar-refractivity contribution >= 4 is 23.7 Å². The number of rotatable bonds is 6. The number of carbonyl (C=O) groups is 4. The fourth-order valence-corrected chi connectivity index (χ4v) is 7.03. The molecule has 4 saturated carbocycles. The molecule has 4 aliphatic carbocycles. The third kappa shape index (κ3) is 5.19. The van der Waals surface area contributed by atoms with Gasteiger partial charge in [-0.25, -0.2) is 4.79 Å². The molecule has 1 saturated heterocycles. The summed E-state index contributed by atoms with van der Waals surface area (Å²) in [6.07, 6.45) is 8.06. The molecule has 8 nitrogen and oxygen atoms in total. The van der Waals surface area contributed by atoms with E-state index in [4.69, 9.17) is 4.74 Å². The lowest BCUT2D eigenvalue weighted by atomic mass is 9.49. The molecule has 5 rings (SSSR count). The van der Waals surface area contributed by atoms with Crippen LogP contribution in [0.5, 0.6) is 0 Å². The number of nitrogens with zero attached hydrogens (tertiary/aromatic N) is 2. The van der Waals surface area contributed by atoms with Gasteiger partial charge in [-0.05, 0) is 89.9 Å². The van der Waals surface area contributed by atoms with Crippen molar-refractivity contribution in [1.82, 2.24) is 15.1 Å². The molecule has 0 radical (unpaired) electrons. The number of amides is 3. The van der Waals surface area contributed by atoms with Crippen LogP contribution in [-0.4, -0.2) is 71.8 Å². The molecule has 0 aromatic carbocycles. The SMILES string of the molecule is CN(CC(=O)NC(C)(C)C)C(=O)COC(=O)C1CCCN1C(=O)C12CC3CC(CC(C3)C1)C2. The van der Waals surface area contributed by atoms with E-state index in [0.29, 0.717) is 30.7 Å². The van der Waals surface area contributed by atoms with E-state index in [0.717, 1.165) is 25.7 Å². The Morgan fingerprint density at radius 3 is 2.15 bits per heavy atom. The van der Waals surface area contributed by atoms with Gasteiger partial charge in [-0.1, -0.05) is 0 Å². The van der Waals surface area contributed by atoms with Crippen LogP contribution in [-0.2, 0) is 23.9 Å². The first-order valence-corrected chi connectivity index (χ1v) is 12.5. The second kappa shape index (κ2) is 8.91. The zero-order chi connectivity index (χ0) is 24.0. The van der Waals surface area contributed by atoms with E-state index in [1.165, 1.54) is 31.2 Å². The molecule has 5 fully saturated rings. The van der Waals surface area contributed by atoms with E-state index < -0.39 is 24.5 Å². The van der Waals surface area contributed by atoms with E-state index in [9.17, 15) is 19.2 Å². The van der Waals surface area contributed by atoms with Gasteiger partial charge in [-0.2, -0.15) is 0 Å². The van der Waals surface area contributed by atoms with Crippen molar-refractivity contribution in [3.05, 3.63) is 0 Å². The Bertz CT molecular complexity index is 782. The second-order valence-corrected chi connectivity index (χ2v) is 12.0. The molecular weight excluding hydrogens is 422 g/mol. The Balaban J connectivity index is 1.31. The van der Waals surface area contributed by atoms with Gasteiger partial charge in [0.05, 0.1) is 12.0 Å². The van der Waals surface area contributed by atoms with Crippen LogP contribution in [0.3, 0.4) is 0 Å². The molecule has 3 amide bonds. The Morgan fingerprint density at radius 1 is 1.03 bits per heavy atom. The molecule has 0 aromatic heterocycles. The van der Waals surface area contributed by atoms with Gasteiger partial charge in [0.2, 0.25) is 11.8 Å². The monoisotopic (exact) mass is 461 g/mol.